The first-order valence-electron chi connectivity index (χ1n) is 5.34. The first-order chi connectivity index (χ1) is 8.05. The number of carbonyl (C=O) groups is 1. The van der Waals surface area contributed by atoms with E-state index in [9.17, 15) is 4.79 Å². The molecule has 0 aromatic carbocycles. The minimum atomic E-state index is -0.735. The quantitative estimate of drug-likeness (QED) is 0.845. The molecule has 7 heteroatoms. The number of nitrogens with zero attached hydrogens (tertiary/aromatic N) is 2. The summed E-state index contributed by atoms with van der Waals surface area (Å²) in [5.41, 5.74) is 4.63. The highest BCUT2D eigenvalue weighted by molar-refractivity contribution is 9.11. The van der Waals surface area contributed by atoms with Crippen LogP contribution in [0.2, 0.25) is 0 Å². The summed E-state index contributed by atoms with van der Waals surface area (Å²) in [4.78, 5) is 20.4. The fraction of sp³-hybridized carbons (Fsp3) is 0.545. The number of amides is 1. The van der Waals surface area contributed by atoms with E-state index in [0.29, 0.717) is 15.0 Å². The maximum atomic E-state index is 12.2. The van der Waals surface area contributed by atoms with Crippen molar-refractivity contribution in [3.05, 3.63) is 15.4 Å². The van der Waals surface area contributed by atoms with Crippen molar-refractivity contribution in [2.45, 2.75) is 33.2 Å². The second-order valence-electron chi connectivity index (χ2n) is 5.13. The van der Waals surface area contributed by atoms with Gasteiger partial charge in [0.25, 0.3) is 0 Å². The molecule has 0 bridgehead atoms. The zero-order chi connectivity index (χ0) is 14.1. The monoisotopic (exact) mass is 378 g/mol. The lowest BCUT2D eigenvalue weighted by Gasteiger charge is -2.36. The third kappa shape index (κ3) is 3.27. The molecule has 0 atom stereocenters. The summed E-state index contributed by atoms with van der Waals surface area (Å²) < 4.78 is 1.06. The van der Waals surface area contributed by atoms with E-state index >= 15 is 0 Å². The van der Waals surface area contributed by atoms with Gasteiger partial charge >= 0.3 is 0 Å². The number of carbonyl (C=O) groups excluding carboxylic acids is 1. The number of anilines is 1. The minimum Gasteiger partial charge on any atom is -0.325 e. The predicted molar refractivity (Wildman–Crippen MR) is 78.1 cm³/mol. The Hall–Kier alpha value is -0.530. The van der Waals surface area contributed by atoms with Gasteiger partial charge in [-0.25, -0.2) is 9.97 Å². The third-order valence-corrected chi connectivity index (χ3v) is 4.05. The highest BCUT2D eigenvalue weighted by Crippen LogP contribution is 2.30. The summed E-state index contributed by atoms with van der Waals surface area (Å²) in [6, 6.07) is 0. The van der Waals surface area contributed by atoms with Crippen LogP contribution >= 0.6 is 31.9 Å². The fourth-order valence-electron chi connectivity index (χ4n) is 0.987. The average molecular weight is 380 g/mol. The van der Waals surface area contributed by atoms with Gasteiger partial charge in [-0.2, -0.15) is 0 Å². The minimum absolute atomic E-state index is 0.202. The Balaban J connectivity index is 2.95. The molecule has 100 valence electrons. The van der Waals surface area contributed by atoms with Gasteiger partial charge in [0.05, 0.1) is 11.6 Å². The Morgan fingerprint density at radius 2 is 1.89 bits per heavy atom. The molecule has 0 unspecified atom stereocenters. The molecule has 0 spiro atoms. The number of hydrogen-bond acceptors (Lipinski definition) is 4. The average Bonchev–Trinajstić information content (AvgIpc) is 2.20. The molecular weight excluding hydrogens is 364 g/mol. The fourth-order valence-corrected chi connectivity index (χ4v) is 1.90. The summed E-state index contributed by atoms with van der Waals surface area (Å²) in [5, 5.41) is 2.72. The summed E-state index contributed by atoms with van der Waals surface area (Å²) >= 11 is 6.44. The van der Waals surface area contributed by atoms with Gasteiger partial charge in [-0.1, -0.05) is 0 Å². The van der Waals surface area contributed by atoms with Gasteiger partial charge in [-0.05, 0) is 59.6 Å². The highest BCUT2D eigenvalue weighted by atomic mass is 79.9. The molecule has 1 rings (SSSR count). The molecule has 0 saturated carbocycles. The largest absolute Gasteiger partial charge is 0.325 e. The van der Waals surface area contributed by atoms with Crippen molar-refractivity contribution in [2.24, 2.45) is 11.1 Å². The molecule has 1 heterocycles. The Morgan fingerprint density at radius 3 is 2.33 bits per heavy atom. The maximum absolute atomic E-state index is 12.2. The van der Waals surface area contributed by atoms with E-state index in [1.807, 2.05) is 13.8 Å². The zero-order valence-electron chi connectivity index (χ0n) is 10.7. The number of hydrogen-bond donors (Lipinski definition) is 2. The van der Waals surface area contributed by atoms with E-state index in [0.717, 1.165) is 0 Å². The molecule has 3 N–H and O–H groups in total. The van der Waals surface area contributed by atoms with Crippen molar-refractivity contribution >= 4 is 43.6 Å². The summed E-state index contributed by atoms with van der Waals surface area (Å²) in [6.45, 7) is 7.22. The van der Waals surface area contributed by atoms with Crippen LogP contribution in [0.15, 0.2) is 15.4 Å². The molecule has 0 fully saturated rings. The zero-order valence-corrected chi connectivity index (χ0v) is 13.9. The van der Waals surface area contributed by atoms with Crippen molar-refractivity contribution in [3.63, 3.8) is 0 Å². The Bertz CT molecular complexity index is 469. The molecular formula is C11H16Br2N4O. The van der Waals surface area contributed by atoms with Crippen molar-refractivity contribution in [1.29, 1.82) is 0 Å². The first-order valence-corrected chi connectivity index (χ1v) is 6.92. The van der Waals surface area contributed by atoms with Crippen LogP contribution in [0.4, 0.5) is 5.82 Å². The van der Waals surface area contributed by atoms with Crippen molar-refractivity contribution in [3.8, 4) is 0 Å². The van der Waals surface area contributed by atoms with Gasteiger partial charge in [-0.3, -0.25) is 4.79 Å². The van der Waals surface area contributed by atoms with Crippen LogP contribution in [-0.4, -0.2) is 21.4 Å². The second kappa shape index (κ2) is 5.22. The first kappa shape index (κ1) is 15.5. The van der Waals surface area contributed by atoms with E-state index in [-0.39, 0.29) is 5.91 Å². The normalized spacial score (nSPS) is 12.4. The van der Waals surface area contributed by atoms with Crippen LogP contribution in [-0.2, 0) is 4.79 Å². The molecule has 0 saturated heterocycles. The van der Waals surface area contributed by atoms with Gasteiger partial charge in [0, 0.05) is 5.54 Å². The number of aromatic nitrogens is 2. The molecule has 1 amide bonds. The van der Waals surface area contributed by atoms with Crippen LogP contribution in [0, 0.1) is 5.41 Å². The lowest BCUT2D eigenvalue weighted by Crippen LogP contribution is -2.53. The summed E-state index contributed by atoms with van der Waals surface area (Å²) in [5.74, 6) is 0.174. The second-order valence-corrected chi connectivity index (χ2v) is 6.70. The number of nitrogens with two attached hydrogens (primary N) is 1. The molecule has 0 aliphatic heterocycles. The number of halogens is 2. The van der Waals surface area contributed by atoms with Crippen LogP contribution in [0.25, 0.3) is 0 Å². The molecule has 18 heavy (non-hydrogen) atoms. The van der Waals surface area contributed by atoms with E-state index < -0.39 is 11.0 Å². The highest BCUT2D eigenvalue weighted by Gasteiger charge is 2.40. The van der Waals surface area contributed by atoms with Crippen LogP contribution in [0.1, 0.15) is 27.7 Å². The van der Waals surface area contributed by atoms with Gasteiger partial charge in [0.2, 0.25) is 5.91 Å². The van der Waals surface area contributed by atoms with Crippen molar-refractivity contribution in [1.82, 2.24) is 9.97 Å². The molecule has 1 aromatic heterocycles. The lowest BCUT2D eigenvalue weighted by molar-refractivity contribution is -0.126. The Morgan fingerprint density at radius 1 is 1.33 bits per heavy atom. The van der Waals surface area contributed by atoms with Crippen molar-refractivity contribution < 1.29 is 4.79 Å². The van der Waals surface area contributed by atoms with Gasteiger partial charge in [-0.15, -0.1) is 0 Å². The SMILES string of the molecule is CC(C)(N)C(C)(C)C(=O)Nc1ncc(Br)nc1Br. The topological polar surface area (TPSA) is 80.9 Å². The molecule has 0 aliphatic rings. The standard InChI is InChI=1S/C11H16Br2N4O/c1-10(2,11(3,4)14)9(18)17-8-7(13)16-6(12)5-15-8/h5H,14H2,1-4H3,(H,15,17,18). The Kier molecular flexibility index (Phi) is 4.51. The number of rotatable bonds is 3. The molecule has 0 aliphatic carbocycles. The summed E-state index contributed by atoms with van der Waals surface area (Å²) in [7, 11) is 0. The number of nitrogens with one attached hydrogen (secondary N) is 1. The maximum Gasteiger partial charge on any atom is 0.233 e. The van der Waals surface area contributed by atoms with Gasteiger partial charge < -0.3 is 11.1 Å². The molecule has 0 radical (unpaired) electrons. The molecule has 5 nitrogen and oxygen atoms in total. The van der Waals surface area contributed by atoms with E-state index in [1.54, 1.807) is 13.8 Å². The third-order valence-electron chi connectivity index (χ3n) is 3.11. The predicted octanol–water partition coefficient (Wildman–Crippen LogP) is 2.70. The Labute approximate surface area is 123 Å². The van der Waals surface area contributed by atoms with Crippen LogP contribution < -0.4 is 11.1 Å². The van der Waals surface area contributed by atoms with Gasteiger partial charge in [0.1, 0.15) is 9.21 Å². The van der Waals surface area contributed by atoms with Gasteiger partial charge in [0.15, 0.2) is 5.82 Å². The van der Waals surface area contributed by atoms with E-state index in [1.165, 1.54) is 6.20 Å². The van der Waals surface area contributed by atoms with E-state index in [2.05, 4.69) is 47.1 Å². The van der Waals surface area contributed by atoms with Crippen molar-refractivity contribution in [2.75, 3.05) is 5.32 Å². The summed E-state index contributed by atoms with van der Waals surface area (Å²) in [6.07, 6.45) is 1.51. The van der Waals surface area contributed by atoms with Crippen LogP contribution in [0.3, 0.4) is 0 Å². The van der Waals surface area contributed by atoms with E-state index in [4.69, 9.17) is 5.73 Å². The van der Waals surface area contributed by atoms with Crippen LogP contribution in [0.5, 0.6) is 0 Å². The smallest absolute Gasteiger partial charge is 0.233 e. The lowest BCUT2D eigenvalue weighted by atomic mass is 9.74. The molecule has 1 aromatic rings.